The lowest BCUT2D eigenvalue weighted by atomic mass is 10.0. The number of rotatable bonds is 8. The number of hydrogen-bond acceptors (Lipinski definition) is 6. The second kappa shape index (κ2) is 11.7. The fourth-order valence-corrected chi connectivity index (χ4v) is 5.55. The maximum Gasteiger partial charge on any atom is 0.251 e. The lowest BCUT2D eigenvalue weighted by Gasteiger charge is -2.29. The van der Waals surface area contributed by atoms with Crippen molar-refractivity contribution >= 4 is 29.3 Å². The number of thioether (sulfide) groups is 1. The van der Waals surface area contributed by atoms with Crippen LogP contribution in [0.25, 0.3) is 5.69 Å². The van der Waals surface area contributed by atoms with Crippen LogP contribution in [0.2, 0.25) is 0 Å². The van der Waals surface area contributed by atoms with Crippen LogP contribution in [0.4, 0.5) is 5.69 Å². The Balaban J connectivity index is 1.38. The molecule has 0 aliphatic carbocycles. The Morgan fingerprint density at radius 2 is 1.74 bits per heavy atom. The van der Waals surface area contributed by atoms with Crippen molar-refractivity contribution in [3.8, 4) is 11.4 Å². The summed E-state index contributed by atoms with van der Waals surface area (Å²) < 4.78 is 7.46. The average Bonchev–Trinajstić information content (AvgIpc) is 3.38. The zero-order valence-electron chi connectivity index (χ0n) is 22.3. The minimum atomic E-state index is -0.194. The summed E-state index contributed by atoms with van der Waals surface area (Å²) in [6.45, 7) is 4.86. The Kier molecular flexibility index (Phi) is 7.97. The molecular weight excluding hydrogens is 510 g/mol. The number of para-hydroxylation sites is 3. The van der Waals surface area contributed by atoms with E-state index < -0.39 is 0 Å². The van der Waals surface area contributed by atoms with Gasteiger partial charge in [-0.2, -0.15) is 0 Å². The van der Waals surface area contributed by atoms with E-state index in [4.69, 9.17) is 4.74 Å². The standard InChI is InChI=1S/C30H31N5O3S/c1-20-14-15-23(17-21(20)2)29(37)31-18-27-32-33-30(35(27)25-12-6-7-13-26(25)38-3)39-19-28(36)34-16-8-10-22-9-4-5-11-24(22)34/h4-7,9,11-15,17H,8,10,16,18-19H2,1-3H3,(H,31,37). The Bertz CT molecular complexity index is 1520. The van der Waals surface area contributed by atoms with Crippen LogP contribution >= 0.6 is 11.8 Å². The molecular formula is C30H31N5O3S. The molecule has 0 radical (unpaired) electrons. The van der Waals surface area contributed by atoms with Crippen LogP contribution < -0.4 is 15.0 Å². The number of hydrogen-bond donors (Lipinski definition) is 1. The smallest absolute Gasteiger partial charge is 0.251 e. The summed E-state index contributed by atoms with van der Waals surface area (Å²) in [5.74, 6) is 1.20. The number of carbonyl (C=O) groups excluding carboxylic acids is 2. The molecule has 0 unspecified atom stereocenters. The number of carbonyl (C=O) groups is 2. The Morgan fingerprint density at radius 3 is 2.54 bits per heavy atom. The van der Waals surface area contributed by atoms with Crippen LogP contribution in [0.1, 0.15) is 39.3 Å². The molecule has 1 aliphatic rings. The fourth-order valence-electron chi connectivity index (χ4n) is 4.71. The van der Waals surface area contributed by atoms with Gasteiger partial charge in [0.1, 0.15) is 5.75 Å². The number of benzene rings is 3. The van der Waals surface area contributed by atoms with Gasteiger partial charge >= 0.3 is 0 Å². The van der Waals surface area contributed by atoms with Gasteiger partial charge in [-0.3, -0.25) is 14.2 Å². The second-order valence-electron chi connectivity index (χ2n) is 9.45. The van der Waals surface area contributed by atoms with Gasteiger partial charge in [-0.05, 0) is 73.7 Å². The highest BCUT2D eigenvalue weighted by molar-refractivity contribution is 7.99. The first-order valence-corrected chi connectivity index (χ1v) is 13.9. The van der Waals surface area contributed by atoms with Gasteiger partial charge < -0.3 is 15.0 Å². The summed E-state index contributed by atoms with van der Waals surface area (Å²) in [6, 6.07) is 21.2. The zero-order chi connectivity index (χ0) is 27.4. The predicted octanol–water partition coefficient (Wildman–Crippen LogP) is 4.89. The van der Waals surface area contributed by atoms with Gasteiger partial charge in [0.25, 0.3) is 5.91 Å². The first-order valence-electron chi connectivity index (χ1n) is 12.9. The number of aryl methyl sites for hydroxylation is 3. The van der Waals surface area contributed by atoms with E-state index in [1.165, 1.54) is 17.3 Å². The van der Waals surface area contributed by atoms with Crippen LogP contribution in [0.3, 0.4) is 0 Å². The van der Waals surface area contributed by atoms with E-state index in [0.717, 1.165) is 35.3 Å². The monoisotopic (exact) mass is 541 g/mol. The van der Waals surface area contributed by atoms with Gasteiger partial charge in [-0.25, -0.2) is 0 Å². The fraction of sp³-hybridized carbons (Fsp3) is 0.267. The topological polar surface area (TPSA) is 89.3 Å². The summed E-state index contributed by atoms with van der Waals surface area (Å²) in [5, 5.41) is 12.3. The van der Waals surface area contributed by atoms with Gasteiger partial charge in [-0.15, -0.1) is 10.2 Å². The number of anilines is 1. The highest BCUT2D eigenvalue weighted by Gasteiger charge is 2.24. The van der Waals surface area contributed by atoms with E-state index in [2.05, 4.69) is 21.6 Å². The summed E-state index contributed by atoms with van der Waals surface area (Å²) in [7, 11) is 1.61. The molecule has 2 heterocycles. The molecule has 8 nitrogen and oxygen atoms in total. The molecule has 39 heavy (non-hydrogen) atoms. The highest BCUT2D eigenvalue weighted by Crippen LogP contribution is 2.31. The van der Waals surface area contributed by atoms with E-state index in [9.17, 15) is 9.59 Å². The molecule has 0 fully saturated rings. The van der Waals surface area contributed by atoms with Crippen molar-refractivity contribution in [3.05, 3.63) is 94.8 Å². The average molecular weight is 542 g/mol. The van der Waals surface area contributed by atoms with Crippen molar-refractivity contribution in [1.82, 2.24) is 20.1 Å². The molecule has 1 aliphatic heterocycles. The maximum absolute atomic E-state index is 13.3. The van der Waals surface area contributed by atoms with Crippen molar-refractivity contribution < 1.29 is 14.3 Å². The molecule has 4 aromatic rings. The van der Waals surface area contributed by atoms with Crippen molar-refractivity contribution in [2.75, 3.05) is 24.3 Å². The van der Waals surface area contributed by atoms with E-state index in [0.29, 0.717) is 28.8 Å². The van der Waals surface area contributed by atoms with E-state index in [1.807, 2.05) is 84.0 Å². The Hall–Kier alpha value is -4.11. The van der Waals surface area contributed by atoms with Gasteiger partial charge in [0.2, 0.25) is 5.91 Å². The molecule has 3 aromatic carbocycles. The zero-order valence-corrected chi connectivity index (χ0v) is 23.1. The number of fused-ring (bicyclic) bond motifs is 1. The minimum absolute atomic E-state index is 0.0197. The molecule has 200 valence electrons. The number of methoxy groups -OCH3 is 1. The Labute approximate surface area is 232 Å². The van der Waals surface area contributed by atoms with Gasteiger partial charge in [0, 0.05) is 17.8 Å². The van der Waals surface area contributed by atoms with E-state index in [1.54, 1.807) is 7.11 Å². The van der Waals surface area contributed by atoms with Crippen molar-refractivity contribution in [3.63, 3.8) is 0 Å². The predicted molar refractivity (Wildman–Crippen MR) is 153 cm³/mol. The number of amides is 2. The molecule has 0 bridgehead atoms. The summed E-state index contributed by atoms with van der Waals surface area (Å²) >= 11 is 1.32. The van der Waals surface area contributed by atoms with Gasteiger partial charge in [0.05, 0.1) is 25.1 Å². The number of nitrogens with zero attached hydrogens (tertiary/aromatic N) is 4. The van der Waals surface area contributed by atoms with Crippen LogP contribution in [0.5, 0.6) is 5.75 Å². The molecule has 1 N–H and O–H groups in total. The lowest BCUT2D eigenvalue weighted by Crippen LogP contribution is -2.36. The summed E-state index contributed by atoms with van der Waals surface area (Å²) in [5.41, 5.74) is 5.68. The molecule has 0 saturated heterocycles. The first kappa shape index (κ1) is 26.5. The molecule has 5 rings (SSSR count). The largest absolute Gasteiger partial charge is 0.495 e. The third-order valence-corrected chi connectivity index (χ3v) is 7.85. The maximum atomic E-state index is 13.3. The third-order valence-electron chi connectivity index (χ3n) is 6.94. The van der Waals surface area contributed by atoms with Crippen LogP contribution in [-0.2, 0) is 17.8 Å². The van der Waals surface area contributed by atoms with E-state index in [-0.39, 0.29) is 24.1 Å². The van der Waals surface area contributed by atoms with Gasteiger partial charge in [-0.1, -0.05) is 48.2 Å². The van der Waals surface area contributed by atoms with Crippen molar-refractivity contribution in [2.24, 2.45) is 0 Å². The van der Waals surface area contributed by atoms with Crippen LogP contribution in [0.15, 0.2) is 71.9 Å². The summed E-state index contributed by atoms with van der Waals surface area (Å²) in [4.78, 5) is 28.1. The third kappa shape index (κ3) is 5.68. The van der Waals surface area contributed by atoms with Crippen molar-refractivity contribution in [1.29, 1.82) is 0 Å². The number of ether oxygens (including phenoxy) is 1. The molecule has 0 saturated carbocycles. The summed E-state index contributed by atoms with van der Waals surface area (Å²) in [6.07, 6.45) is 1.92. The Morgan fingerprint density at radius 1 is 0.974 bits per heavy atom. The molecule has 0 atom stereocenters. The molecule has 1 aromatic heterocycles. The quantitative estimate of drug-likeness (QED) is 0.320. The van der Waals surface area contributed by atoms with Crippen LogP contribution in [0, 0.1) is 13.8 Å². The normalized spacial score (nSPS) is 12.6. The number of aromatic nitrogens is 3. The highest BCUT2D eigenvalue weighted by atomic mass is 32.2. The van der Waals surface area contributed by atoms with Crippen molar-refractivity contribution in [2.45, 2.75) is 38.4 Å². The minimum Gasteiger partial charge on any atom is -0.495 e. The van der Waals surface area contributed by atoms with Crippen LogP contribution in [-0.4, -0.2) is 46.0 Å². The number of nitrogens with one attached hydrogen (secondary N) is 1. The first-order chi connectivity index (χ1) is 19.0. The molecule has 2 amide bonds. The molecule has 9 heteroatoms. The second-order valence-corrected chi connectivity index (χ2v) is 10.4. The molecule has 0 spiro atoms. The lowest BCUT2D eigenvalue weighted by molar-refractivity contribution is -0.116. The van der Waals surface area contributed by atoms with E-state index >= 15 is 0 Å². The van der Waals surface area contributed by atoms with Gasteiger partial charge in [0.15, 0.2) is 11.0 Å². The SMILES string of the molecule is COc1ccccc1-n1c(CNC(=O)c2ccc(C)c(C)c2)nnc1SCC(=O)N1CCCc2ccccc21.